The number of nitrogens with zero attached hydrogens (tertiary/aromatic N) is 3. The van der Waals surface area contributed by atoms with Crippen molar-refractivity contribution in [2.75, 3.05) is 37.4 Å². The number of methoxy groups -OCH3 is 1. The van der Waals surface area contributed by atoms with Crippen LogP contribution < -0.4 is 10.6 Å². The van der Waals surface area contributed by atoms with Gasteiger partial charge >= 0.3 is 0 Å². The van der Waals surface area contributed by atoms with Crippen LogP contribution in [-0.2, 0) is 4.74 Å². The van der Waals surface area contributed by atoms with Crippen molar-refractivity contribution in [3.05, 3.63) is 18.6 Å². The molecular formula is C12H19N5O. The van der Waals surface area contributed by atoms with Gasteiger partial charge in [-0.2, -0.15) is 0 Å². The van der Waals surface area contributed by atoms with E-state index in [1.807, 2.05) is 23.7 Å². The van der Waals surface area contributed by atoms with E-state index in [1.54, 1.807) is 13.3 Å². The lowest BCUT2D eigenvalue weighted by Crippen LogP contribution is -2.10. The fourth-order valence-electron chi connectivity index (χ4n) is 1.74. The molecule has 0 saturated carbocycles. The van der Waals surface area contributed by atoms with Gasteiger partial charge in [-0.25, -0.2) is 9.97 Å². The lowest BCUT2D eigenvalue weighted by atomic mass is 10.4. The molecule has 2 rings (SSSR count). The summed E-state index contributed by atoms with van der Waals surface area (Å²) in [5, 5.41) is 6.50. The third-order valence-electron chi connectivity index (χ3n) is 2.55. The van der Waals surface area contributed by atoms with Crippen molar-refractivity contribution in [1.29, 1.82) is 0 Å². The predicted molar refractivity (Wildman–Crippen MR) is 72.1 cm³/mol. The Morgan fingerprint density at radius 1 is 1.39 bits per heavy atom. The molecule has 0 spiro atoms. The Bertz CT molecular complexity index is 496. The molecular weight excluding hydrogens is 230 g/mol. The lowest BCUT2D eigenvalue weighted by Gasteiger charge is -2.09. The van der Waals surface area contributed by atoms with Crippen LogP contribution >= 0.6 is 0 Å². The monoisotopic (exact) mass is 249 g/mol. The number of aromatic nitrogens is 3. The van der Waals surface area contributed by atoms with Gasteiger partial charge in [0, 0.05) is 39.2 Å². The van der Waals surface area contributed by atoms with E-state index < -0.39 is 0 Å². The van der Waals surface area contributed by atoms with Crippen molar-refractivity contribution in [1.82, 2.24) is 14.4 Å². The van der Waals surface area contributed by atoms with E-state index in [0.29, 0.717) is 0 Å². The molecule has 0 aromatic carbocycles. The highest BCUT2D eigenvalue weighted by Gasteiger charge is 2.06. The normalized spacial score (nSPS) is 10.8. The molecule has 98 valence electrons. The molecule has 2 aromatic rings. The molecule has 2 aromatic heterocycles. The third-order valence-corrected chi connectivity index (χ3v) is 2.55. The molecule has 0 unspecified atom stereocenters. The number of rotatable bonds is 7. The molecule has 6 nitrogen and oxygen atoms in total. The zero-order chi connectivity index (χ0) is 12.8. The summed E-state index contributed by atoms with van der Waals surface area (Å²) in [6, 6.07) is 0. The van der Waals surface area contributed by atoms with Crippen LogP contribution in [0.3, 0.4) is 0 Å². The molecule has 0 radical (unpaired) electrons. The Labute approximate surface area is 106 Å². The molecule has 0 saturated heterocycles. The molecule has 0 fully saturated rings. The maximum Gasteiger partial charge on any atom is 0.180 e. The maximum atomic E-state index is 5.02. The first-order valence-electron chi connectivity index (χ1n) is 6.15. The standard InChI is InChI=1S/C12H19N5O/c1-3-13-10-9-17-7-6-15-12(17)11(16-10)14-5-4-8-18-2/h6-7,9,13H,3-5,8H2,1-2H3,(H,14,16). The number of anilines is 2. The van der Waals surface area contributed by atoms with Gasteiger partial charge in [0.15, 0.2) is 11.5 Å². The van der Waals surface area contributed by atoms with Crippen molar-refractivity contribution in [3.8, 4) is 0 Å². The summed E-state index contributed by atoms with van der Waals surface area (Å²) >= 11 is 0. The van der Waals surface area contributed by atoms with Crippen LogP contribution in [0.2, 0.25) is 0 Å². The van der Waals surface area contributed by atoms with E-state index in [0.717, 1.165) is 43.4 Å². The van der Waals surface area contributed by atoms with E-state index in [-0.39, 0.29) is 0 Å². The molecule has 0 aliphatic heterocycles. The average molecular weight is 249 g/mol. The summed E-state index contributed by atoms with van der Waals surface area (Å²) in [7, 11) is 1.71. The summed E-state index contributed by atoms with van der Waals surface area (Å²) in [5.74, 6) is 1.65. The van der Waals surface area contributed by atoms with Crippen LogP contribution in [0.1, 0.15) is 13.3 Å². The van der Waals surface area contributed by atoms with Gasteiger partial charge in [0.05, 0.1) is 6.20 Å². The van der Waals surface area contributed by atoms with Crippen LogP contribution in [0, 0.1) is 0 Å². The van der Waals surface area contributed by atoms with Gasteiger partial charge in [-0.3, -0.25) is 0 Å². The van der Waals surface area contributed by atoms with Crippen LogP contribution in [0.25, 0.3) is 5.65 Å². The first-order chi connectivity index (χ1) is 8.85. The fraction of sp³-hybridized carbons (Fsp3) is 0.500. The fourth-order valence-corrected chi connectivity index (χ4v) is 1.74. The second-order valence-electron chi connectivity index (χ2n) is 3.94. The molecule has 0 bridgehead atoms. The number of nitrogens with one attached hydrogen (secondary N) is 2. The van der Waals surface area contributed by atoms with Gasteiger partial charge < -0.3 is 19.8 Å². The van der Waals surface area contributed by atoms with Crippen molar-refractivity contribution in [2.45, 2.75) is 13.3 Å². The Morgan fingerprint density at radius 2 is 2.28 bits per heavy atom. The van der Waals surface area contributed by atoms with Crippen LogP contribution in [0.15, 0.2) is 18.6 Å². The van der Waals surface area contributed by atoms with Crippen molar-refractivity contribution < 1.29 is 4.74 Å². The summed E-state index contributed by atoms with van der Waals surface area (Å²) in [4.78, 5) is 8.81. The number of imidazole rings is 1. The minimum atomic E-state index is 0.741. The molecule has 2 N–H and O–H groups in total. The third kappa shape index (κ3) is 2.89. The smallest absolute Gasteiger partial charge is 0.180 e. The highest BCUT2D eigenvalue weighted by molar-refractivity contribution is 5.65. The van der Waals surface area contributed by atoms with Crippen LogP contribution in [0.4, 0.5) is 11.6 Å². The Hall–Kier alpha value is -1.82. The second kappa shape index (κ2) is 6.20. The molecule has 6 heteroatoms. The summed E-state index contributed by atoms with van der Waals surface area (Å²) < 4.78 is 6.98. The lowest BCUT2D eigenvalue weighted by molar-refractivity contribution is 0.198. The first-order valence-corrected chi connectivity index (χ1v) is 6.15. The molecule has 0 aliphatic carbocycles. The number of fused-ring (bicyclic) bond motifs is 1. The highest BCUT2D eigenvalue weighted by atomic mass is 16.5. The van der Waals surface area contributed by atoms with Gasteiger partial charge in [-0.1, -0.05) is 0 Å². The topological polar surface area (TPSA) is 63.5 Å². The molecule has 0 aliphatic rings. The second-order valence-corrected chi connectivity index (χ2v) is 3.94. The SMILES string of the molecule is CCNc1cn2ccnc2c(NCCCOC)n1. The zero-order valence-electron chi connectivity index (χ0n) is 10.8. The average Bonchev–Trinajstić information content (AvgIpc) is 2.83. The zero-order valence-corrected chi connectivity index (χ0v) is 10.8. The molecule has 0 amide bonds. The Kier molecular flexibility index (Phi) is 4.35. The van der Waals surface area contributed by atoms with Crippen molar-refractivity contribution >= 4 is 17.3 Å². The quantitative estimate of drug-likeness (QED) is 0.730. The maximum absolute atomic E-state index is 5.02. The molecule has 18 heavy (non-hydrogen) atoms. The van der Waals surface area contributed by atoms with E-state index in [1.165, 1.54) is 0 Å². The summed E-state index contributed by atoms with van der Waals surface area (Å²) in [6.45, 7) is 4.45. The molecule has 0 atom stereocenters. The van der Waals surface area contributed by atoms with Gasteiger partial charge in [0.1, 0.15) is 5.82 Å². The van der Waals surface area contributed by atoms with Crippen LogP contribution in [0.5, 0.6) is 0 Å². The summed E-state index contributed by atoms with van der Waals surface area (Å²) in [6.07, 6.45) is 6.56. The van der Waals surface area contributed by atoms with Crippen LogP contribution in [-0.4, -0.2) is 41.2 Å². The minimum absolute atomic E-state index is 0.741. The van der Waals surface area contributed by atoms with Gasteiger partial charge in [-0.05, 0) is 13.3 Å². The van der Waals surface area contributed by atoms with Crippen molar-refractivity contribution in [3.63, 3.8) is 0 Å². The van der Waals surface area contributed by atoms with E-state index in [2.05, 4.69) is 20.6 Å². The minimum Gasteiger partial charge on any atom is -0.385 e. The number of hydrogen-bond donors (Lipinski definition) is 2. The van der Waals surface area contributed by atoms with Gasteiger partial charge in [-0.15, -0.1) is 0 Å². The predicted octanol–water partition coefficient (Wildman–Crippen LogP) is 1.61. The molecule has 2 heterocycles. The first kappa shape index (κ1) is 12.6. The number of hydrogen-bond acceptors (Lipinski definition) is 5. The van der Waals surface area contributed by atoms with E-state index in [9.17, 15) is 0 Å². The van der Waals surface area contributed by atoms with Gasteiger partial charge in [0.2, 0.25) is 0 Å². The van der Waals surface area contributed by atoms with E-state index in [4.69, 9.17) is 4.74 Å². The summed E-state index contributed by atoms with van der Waals surface area (Å²) in [5.41, 5.74) is 0.842. The highest BCUT2D eigenvalue weighted by Crippen LogP contribution is 2.16. The van der Waals surface area contributed by atoms with E-state index >= 15 is 0 Å². The van der Waals surface area contributed by atoms with Crippen molar-refractivity contribution in [2.24, 2.45) is 0 Å². The Balaban J connectivity index is 2.15. The largest absolute Gasteiger partial charge is 0.385 e. The Morgan fingerprint density at radius 3 is 3.06 bits per heavy atom. The number of ether oxygens (including phenoxy) is 1. The van der Waals surface area contributed by atoms with Gasteiger partial charge in [0.25, 0.3) is 0 Å².